The Hall–Kier alpha value is -0.0400. The monoisotopic (exact) mass is 202 g/mol. The number of aromatic nitrogens is 2. The molecule has 0 unspecified atom stereocenters. The van der Waals surface area contributed by atoms with Crippen LogP contribution in [0.4, 0.5) is 13.2 Å². The van der Waals surface area contributed by atoms with E-state index in [1.165, 1.54) is 7.05 Å². The first kappa shape index (κ1) is 13.0. The third-order valence-electron chi connectivity index (χ3n) is 1.26. The van der Waals surface area contributed by atoms with E-state index in [2.05, 4.69) is 11.3 Å². The van der Waals surface area contributed by atoms with E-state index in [4.69, 9.17) is 5.11 Å². The van der Waals surface area contributed by atoms with Gasteiger partial charge in [-0.25, -0.2) is 0 Å². The summed E-state index contributed by atoms with van der Waals surface area (Å²) in [5.41, 5.74) is -1.41. The maximum absolute atomic E-state index is 12.0. The first-order valence-electron chi connectivity index (χ1n) is 3.08. The van der Waals surface area contributed by atoms with Gasteiger partial charge in [-0.2, -0.15) is 13.2 Å². The predicted molar refractivity (Wildman–Crippen MR) is 33.0 cm³/mol. The molecule has 0 amide bonds. The molecule has 7 heteroatoms. The molecule has 1 aromatic heterocycles. The number of halogens is 3. The molecule has 0 spiro atoms. The van der Waals surface area contributed by atoms with Crippen LogP contribution in [0, 0.1) is 6.20 Å². The van der Waals surface area contributed by atoms with Crippen LogP contribution in [0.15, 0.2) is 0 Å². The number of nitrogens with zero attached hydrogens (tertiary/aromatic N) is 2. The second-order valence-corrected chi connectivity index (χ2v) is 2.22. The summed E-state index contributed by atoms with van der Waals surface area (Å²) in [6.07, 6.45) is -2.28. The van der Waals surface area contributed by atoms with Crippen LogP contribution >= 0.6 is 0 Å². The Morgan fingerprint density at radius 3 is 2.38 bits per heavy atom. The van der Waals surface area contributed by atoms with Gasteiger partial charge in [0.1, 0.15) is 0 Å². The van der Waals surface area contributed by atoms with Gasteiger partial charge in [0.25, 0.3) is 0 Å². The molecule has 1 N–H and O–H groups in total. The average molecular weight is 202 g/mol. The number of aliphatic hydroxyl groups excluding tert-OH is 1. The van der Waals surface area contributed by atoms with Crippen molar-refractivity contribution in [2.24, 2.45) is 7.05 Å². The van der Waals surface area contributed by atoms with Gasteiger partial charge in [0.15, 0.2) is 0 Å². The molecule has 1 rings (SSSR count). The summed E-state index contributed by atoms with van der Waals surface area (Å²) in [7, 11) is 1.31. The van der Waals surface area contributed by atoms with E-state index in [9.17, 15) is 13.2 Å². The summed E-state index contributed by atoms with van der Waals surface area (Å²) in [5.74, 6) is 0. The molecule has 0 fully saturated rings. The molecular formula is C6H6F3N2NaO. The second-order valence-electron chi connectivity index (χ2n) is 2.22. The van der Waals surface area contributed by atoms with Crippen LogP contribution in [-0.4, -0.2) is 14.9 Å². The van der Waals surface area contributed by atoms with Crippen molar-refractivity contribution in [3.8, 4) is 0 Å². The minimum absolute atomic E-state index is 0. The maximum Gasteiger partial charge on any atom is 1.00 e. The van der Waals surface area contributed by atoms with E-state index in [0.29, 0.717) is 0 Å². The molecule has 68 valence electrons. The van der Waals surface area contributed by atoms with Crippen molar-refractivity contribution in [3.05, 3.63) is 17.5 Å². The van der Waals surface area contributed by atoms with Gasteiger partial charge in [-0.15, -0.1) is 11.8 Å². The quantitative estimate of drug-likeness (QED) is 0.412. The maximum atomic E-state index is 12.0. The molecule has 0 aliphatic rings. The van der Waals surface area contributed by atoms with Crippen molar-refractivity contribution >= 4 is 0 Å². The molecule has 0 bridgehead atoms. The van der Waals surface area contributed by atoms with Crippen LogP contribution in [-0.2, 0) is 19.8 Å². The van der Waals surface area contributed by atoms with Gasteiger partial charge in [0.2, 0.25) is 0 Å². The van der Waals surface area contributed by atoms with Crippen LogP contribution in [0.5, 0.6) is 0 Å². The number of aliphatic hydroxyl groups is 1. The Balaban J connectivity index is 0.00000144. The van der Waals surface area contributed by atoms with Gasteiger partial charge < -0.3 is 9.79 Å². The zero-order valence-corrected chi connectivity index (χ0v) is 9.18. The molecule has 3 nitrogen and oxygen atoms in total. The first-order valence-corrected chi connectivity index (χ1v) is 3.08. The van der Waals surface area contributed by atoms with Crippen molar-refractivity contribution in [1.29, 1.82) is 0 Å². The van der Waals surface area contributed by atoms with Gasteiger partial charge in [0.05, 0.1) is 0 Å². The zero-order chi connectivity index (χ0) is 9.35. The van der Waals surface area contributed by atoms with Crippen LogP contribution < -0.4 is 29.6 Å². The summed E-state index contributed by atoms with van der Waals surface area (Å²) in [6, 6.07) is 0. The molecule has 1 aromatic rings. The first-order chi connectivity index (χ1) is 5.45. The van der Waals surface area contributed by atoms with Crippen molar-refractivity contribution in [1.82, 2.24) is 9.78 Å². The fourth-order valence-corrected chi connectivity index (χ4v) is 0.822. The van der Waals surface area contributed by atoms with Gasteiger partial charge in [-0.3, -0.25) is 5.10 Å². The number of hydrogen-bond donors (Lipinski definition) is 1. The standard InChI is InChI=1S/C6H6F3N2O.Na/c1-11-2-4(3-12)5(10-11)6(7,8)9;/h12H,3H2,1H3;/q-1;+1. The summed E-state index contributed by atoms with van der Waals surface area (Å²) in [6.45, 7) is -0.706. The minimum Gasteiger partial charge on any atom is -0.395 e. The third-order valence-corrected chi connectivity index (χ3v) is 1.26. The molecule has 0 aromatic carbocycles. The van der Waals surface area contributed by atoms with Gasteiger partial charge in [0, 0.05) is 19.3 Å². The van der Waals surface area contributed by atoms with Crippen molar-refractivity contribution in [3.63, 3.8) is 0 Å². The smallest absolute Gasteiger partial charge is 0.395 e. The number of aryl methyl sites for hydroxylation is 1. The molecule has 0 aliphatic heterocycles. The SMILES string of the molecule is Cn1[c-]c(CO)c(C(F)(F)F)n1.[Na+]. The van der Waals surface area contributed by atoms with E-state index in [1.54, 1.807) is 0 Å². The van der Waals surface area contributed by atoms with Gasteiger partial charge in [-0.05, 0) is 0 Å². The molecule has 13 heavy (non-hydrogen) atoms. The topological polar surface area (TPSA) is 38.0 Å². The molecule has 0 atom stereocenters. The van der Waals surface area contributed by atoms with E-state index < -0.39 is 18.5 Å². The molecule has 0 radical (unpaired) electrons. The predicted octanol–water partition coefficient (Wildman–Crippen LogP) is -2.26. The van der Waals surface area contributed by atoms with Gasteiger partial charge >= 0.3 is 35.7 Å². The summed E-state index contributed by atoms with van der Waals surface area (Å²) < 4.78 is 37.0. The number of hydrogen-bond acceptors (Lipinski definition) is 2. The van der Waals surface area contributed by atoms with E-state index in [1.807, 2.05) is 0 Å². The summed E-state index contributed by atoms with van der Waals surface area (Å²) >= 11 is 0. The Morgan fingerprint density at radius 2 is 2.08 bits per heavy atom. The van der Waals surface area contributed by atoms with Crippen LogP contribution in [0.3, 0.4) is 0 Å². The Morgan fingerprint density at radius 1 is 1.54 bits per heavy atom. The number of rotatable bonds is 1. The average Bonchev–Trinajstić information content (AvgIpc) is 2.29. The minimum atomic E-state index is -4.52. The van der Waals surface area contributed by atoms with Crippen molar-refractivity contribution in [2.45, 2.75) is 12.8 Å². The fraction of sp³-hybridized carbons (Fsp3) is 0.500. The molecule has 0 saturated carbocycles. The van der Waals surface area contributed by atoms with Crippen LogP contribution in [0.25, 0.3) is 0 Å². The number of alkyl halides is 3. The van der Waals surface area contributed by atoms with Gasteiger partial charge in [-0.1, -0.05) is 0 Å². The van der Waals surface area contributed by atoms with E-state index in [-0.39, 0.29) is 35.1 Å². The van der Waals surface area contributed by atoms with Crippen LogP contribution in [0.2, 0.25) is 0 Å². The van der Waals surface area contributed by atoms with Crippen molar-refractivity contribution < 1.29 is 47.8 Å². The van der Waals surface area contributed by atoms with E-state index >= 15 is 0 Å². The van der Waals surface area contributed by atoms with Crippen molar-refractivity contribution in [2.75, 3.05) is 0 Å². The van der Waals surface area contributed by atoms with E-state index in [0.717, 1.165) is 4.68 Å². The largest absolute Gasteiger partial charge is 1.00 e. The fourth-order valence-electron chi connectivity index (χ4n) is 0.822. The molecule has 1 heterocycles. The Labute approximate surface area is 94.8 Å². The second kappa shape index (κ2) is 4.45. The normalized spacial score (nSPS) is 11.2. The molecular weight excluding hydrogens is 196 g/mol. The zero-order valence-electron chi connectivity index (χ0n) is 7.18. The van der Waals surface area contributed by atoms with Crippen LogP contribution in [0.1, 0.15) is 11.3 Å². The third kappa shape index (κ3) is 2.98. The summed E-state index contributed by atoms with van der Waals surface area (Å²) in [4.78, 5) is 0. The molecule has 0 aliphatic carbocycles. The Kier molecular flexibility index (Phi) is 4.44. The Bertz CT molecular complexity index is 284. The molecule has 0 saturated heterocycles. The summed E-state index contributed by atoms with van der Waals surface area (Å²) in [5, 5.41) is 11.6.